The summed E-state index contributed by atoms with van der Waals surface area (Å²) >= 11 is 0. The lowest BCUT2D eigenvalue weighted by molar-refractivity contribution is -0.117. The van der Waals surface area contributed by atoms with E-state index in [1.54, 1.807) is 4.90 Å². The van der Waals surface area contributed by atoms with Gasteiger partial charge < -0.3 is 10.2 Å². The second-order valence-electron chi connectivity index (χ2n) is 4.96. The van der Waals surface area contributed by atoms with Gasteiger partial charge >= 0.3 is 0 Å². The van der Waals surface area contributed by atoms with Crippen LogP contribution in [-0.2, 0) is 4.79 Å². The zero-order chi connectivity index (χ0) is 14.5. The fourth-order valence-electron chi connectivity index (χ4n) is 2.21. The minimum atomic E-state index is -0.0186. The zero-order valence-electron chi connectivity index (χ0n) is 12.0. The van der Waals surface area contributed by atoms with Gasteiger partial charge in [0.25, 0.3) is 5.91 Å². The van der Waals surface area contributed by atoms with Crippen molar-refractivity contribution in [3.05, 3.63) is 47.0 Å². The number of likely N-dealkylation sites (N-methyl/N-ethyl adjacent to an activating group) is 1. The van der Waals surface area contributed by atoms with Gasteiger partial charge in [-0.15, -0.1) is 0 Å². The number of hydrogen-bond acceptors (Lipinski definition) is 2. The summed E-state index contributed by atoms with van der Waals surface area (Å²) in [5.41, 5.74) is 2.61. The average Bonchev–Trinajstić information content (AvgIpc) is 2.48. The molecule has 1 aromatic rings. The molecule has 1 aliphatic heterocycles. The third kappa shape index (κ3) is 3.26. The molecule has 20 heavy (non-hydrogen) atoms. The molecule has 0 bridgehead atoms. The Hall–Kier alpha value is -2.10. The molecule has 106 valence electrons. The van der Waals surface area contributed by atoms with Gasteiger partial charge in [-0.1, -0.05) is 23.8 Å². The Bertz CT molecular complexity index is 532. The van der Waals surface area contributed by atoms with Gasteiger partial charge in [-0.2, -0.15) is 0 Å². The van der Waals surface area contributed by atoms with Gasteiger partial charge in [0.15, 0.2) is 0 Å². The van der Waals surface area contributed by atoms with E-state index in [-0.39, 0.29) is 11.8 Å². The van der Waals surface area contributed by atoms with Crippen LogP contribution >= 0.6 is 0 Å². The number of nitrogens with one attached hydrogen (secondary N) is 1. The van der Waals surface area contributed by atoms with E-state index in [0.29, 0.717) is 31.6 Å². The third-order valence-corrected chi connectivity index (χ3v) is 3.42. The molecule has 0 aromatic heterocycles. The second kappa shape index (κ2) is 6.37. The Morgan fingerprint density at radius 2 is 1.95 bits per heavy atom. The maximum Gasteiger partial charge on any atom is 0.254 e. The van der Waals surface area contributed by atoms with Gasteiger partial charge in [-0.3, -0.25) is 9.59 Å². The summed E-state index contributed by atoms with van der Waals surface area (Å²) in [6.07, 6.45) is 2.46. The van der Waals surface area contributed by atoms with Crippen molar-refractivity contribution in [2.24, 2.45) is 0 Å². The van der Waals surface area contributed by atoms with E-state index < -0.39 is 0 Å². The molecular weight excluding hydrogens is 252 g/mol. The normalized spacial score (nSPS) is 14.7. The maximum absolute atomic E-state index is 12.3. The second-order valence-corrected chi connectivity index (χ2v) is 4.96. The van der Waals surface area contributed by atoms with E-state index in [2.05, 4.69) is 5.32 Å². The van der Waals surface area contributed by atoms with Crippen molar-refractivity contribution < 1.29 is 9.59 Å². The van der Waals surface area contributed by atoms with Gasteiger partial charge in [-0.25, -0.2) is 0 Å². The highest BCUT2D eigenvalue weighted by Crippen LogP contribution is 2.14. The van der Waals surface area contributed by atoms with Gasteiger partial charge in [0.05, 0.1) is 0 Å². The largest absolute Gasteiger partial charge is 0.353 e. The quantitative estimate of drug-likeness (QED) is 0.913. The molecule has 2 amide bonds. The highest BCUT2D eigenvalue weighted by atomic mass is 16.2. The third-order valence-electron chi connectivity index (χ3n) is 3.42. The van der Waals surface area contributed by atoms with E-state index in [4.69, 9.17) is 0 Å². The lowest BCUT2D eigenvalue weighted by atomic mass is 10.1. The first-order valence-corrected chi connectivity index (χ1v) is 6.95. The number of carbonyl (C=O) groups excluding carboxylic acids is 2. The Balaban J connectivity index is 2.01. The molecule has 0 unspecified atom stereocenters. The Morgan fingerprint density at radius 3 is 2.50 bits per heavy atom. The molecule has 0 fully saturated rings. The van der Waals surface area contributed by atoms with E-state index >= 15 is 0 Å². The lowest BCUT2D eigenvalue weighted by Gasteiger charge is -2.26. The van der Waals surface area contributed by atoms with Crippen LogP contribution in [0.3, 0.4) is 0 Å². The Labute approximate surface area is 119 Å². The highest BCUT2D eigenvalue weighted by molar-refractivity contribution is 5.96. The van der Waals surface area contributed by atoms with Crippen LogP contribution in [0, 0.1) is 6.92 Å². The van der Waals surface area contributed by atoms with E-state index in [1.807, 2.05) is 44.2 Å². The highest BCUT2D eigenvalue weighted by Gasteiger charge is 2.21. The monoisotopic (exact) mass is 272 g/mol. The van der Waals surface area contributed by atoms with Gasteiger partial charge in [0.2, 0.25) is 5.91 Å². The first-order chi connectivity index (χ1) is 9.61. The summed E-state index contributed by atoms with van der Waals surface area (Å²) in [5.74, 6) is 0.00568. The maximum atomic E-state index is 12.3. The van der Waals surface area contributed by atoms with Crippen molar-refractivity contribution in [1.29, 1.82) is 0 Å². The Kier molecular flexibility index (Phi) is 4.56. The molecule has 0 atom stereocenters. The molecule has 0 saturated heterocycles. The molecule has 2 rings (SSSR count). The van der Waals surface area contributed by atoms with E-state index in [0.717, 1.165) is 11.1 Å². The van der Waals surface area contributed by atoms with Crippen molar-refractivity contribution in [2.75, 3.05) is 19.6 Å². The number of amides is 2. The van der Waals surface area contributed by atoms with Crippen LogP contribution in [-0.4, -0.2) is 36.3 Å². The van der Waals surface area contributed by atoms with E-state index in [9.17, 15) is 9.59 Å². The van der Waals surface area contributed by atoms with Crippen molar-refractivity contribution in [2.45, 2.75) is 20.3 Å². The summed E-state index contributed by atoms with van der Waals surface area (Å²) in [7, 11) is 0. The molecule has 1 aliphatic rings. The van der Waals surface area contributed by atoms with Crippen molar-refractivity contribution >= 4 is 11.8 Å². The number of hydrogen-bond donors (Lipinski definition) is 1. The molecule has 0 saturated carbocycles. The SMILES string of the molecule is CCNC(=O)C1=CCN(C(=O)c2ccc(C)cc2)CC1. The molecular formula is C16H20N2O2. The van der Waals surface area contributed by atoms with E-state index in [1.165, 1.54) is 0 Å². The molecule has 1 N–H and O–H groups in total. The fraction of sp³-hybridized carbons (Fsp3) is 0.375. The molecule has 1 aromatic carbocycles. The number of nitrogens with zero attached hydrogens (tertiary/aromatic N) is 1. The Morgan fingerprint density at radius 1 is 1.25 bits per heavy atom. The summed E-state index contributed by atoms with van der Waals surface area (Å²) in [4.78, 5) is 25.8. The van der Waals surface area contributed by atoms with Crippen LogP contribution in [0.4, 0.5) is 0 Å². The summed E-state index contributed by atoms with van der Waals surface area (Å²) < 4.78 is 0. The van der Waals surface area contributed by atoms with Crippen molar-refractivity contribution in [3.63, 3.8) is 0 Å². The van der Waals surface area contributed by atoms with Crippen LogP contribution in [0.5, 0.6) is 0 Å². The van der Waals surface area contributed by atoms with Crippen LogP contribution in [0.15, 0.2) is 35.9 Å². The predicted molar refractivity (Wildman–Crippen MR) is 78.5 cm³/mol. The first-order valence-electron chi connectivity index (χ1n) is 6.95. The van der Waals surface area contributed by atoms with Crippen LogP contribution in [0.1, 0.15) is 29.3 Å². The topological polar surface area (TPSA) is 49.4 Å². The number of carbonyl (C=O) groups is 2. The minimum Gasteiger partial charge on any atom is -0.353 e. The molecule has 0 aliphatic carbocycles. The number of benzene rings is 1. The molecule has 4 heteroatoms. The summed E-state index contributed by atoms with van der Waals surface area (Å²) in [6.45, 7) is 5.61. The van der Waals surface area contributed by atoms with Crippen molar-refractivity contribution in [3.8, 4) is 0 Å². The minimum absolute atomic E-state index is 0.0186. The van der Waals surface area contributed by atoms with Gasteiger partial charge in [0, 0.05) is 30.8 Å². The smallest absolute Gasteiger partial charge is 0.254 e. The van der Waals surface area contributed by atoms with Crippen LogP contribution in [0.25, 0.3) is 0 Å². The molecule has 0 radical (unpaired) electrons. The molecule has 0 spiro atoms. The van der Waals surface area contributed by atoms with Crippen LogP contribution in [0.2, 0.25) is 0 Å². The van der Waals surface area contributed by atoms with Gasteiger partial charge in [0.1, 0.15) is 0 Å². The zero-order valence-corrected chi connectivity index (χ0v) is 12.0. The summed E-state index contributed by atoms with van der Waals surface area (Å²) in [5, 5.41) is 2.79. The predicted octanol–water partition coefficient (Wildman–Crippen LogP) is 1.90. The number of aryl methyl sites for hydroxylation is 1. The van der Waals surface area contributed by atoms with Gasteiger partial charge in [-0.05, 0) is 32.4 Å². The lowest BCUT2D eigenvalue weighted by Crippen LogP contribution is -2.37. The number of rotatable bonds is 3. The average molecular weight is 272 g/mol. The standard InChI is InChI=1S/C16H20N2O2/c1-3-17-15(19)13-8-10-18(11-9-13)16(20)14-6-4-12(2)5-7-14/h4-8H,3,9-11H2,1-2H3,(H,17,19). The van der Waals surface area contributed by atoms with Crippen molar-refractivity contribution in [1.82, 2.24) is 10.2 Å². The molecule has 1 heterocycles. The van der Waals surface area contributed by atoms with Crippen LogP contribution < -0.4 is 5.32 Å². The fourth-order valence-corrected chi connectivity index (χ4v) is 2.21. The summed E-state index contributed by atoms with van der Waals surface area (Å²) in [6, 6.07) is 7.57. The first kappa shape index (κ1) is 14.3. The molecule has 4 nitrogen and oxygen atoms in total.